The lowest BCUT2D eigenvalue weighted by Gasteiger charge is -2.10. The molecule has 140 valence electrons. The Hall–Kier alpha value is -2.86. The Labute approximate surface area is 164 Å². The van der Waals surface area contributed by atoms with Crippen LogP contribution in [0.4, 0.5) is 0 Å². The summed E-state index contributed by atoms with van der Waals surface area (Å²) in [5.74, 6) is 0.785. The van der Waals surface area contributed by atoms with Gasteiger partial charge in [0.15, 0.2) is 5.96 Å². The zero-order valence-corrected chi connectivity index (χ0v) is 16.0. The topological polar surface area (TPSA) is 67.1 Å². The molecule has 0 saturated heterocycles. The van der Waals surface area contributed by atoms with E-state index < -0.39 is 0 Å². The van der Waals surface area contributed by atoms with Crippen LogP contribution in [0.2, 0.25) is 5.02 Å². The van der Waals surface area contributed by atoms with E-state index in [1.807, 2.05) is 65.7 Å². The molecule has 0 aliphatic heterocycles. The molecule has 0 spiro atoms. The summed E-state index contributed by atoms with van der Waals surface area (Å²) < 4.78 is 1.82. The summed E-state index contributed by atoms with van der Waals surface area (Å²) in [4.78, 5) is 8.97. The Bertz CT molecular complexity index is 858. The summed E-state index contributed by atoms with van der Waals surface area (Å²) in [5.41, 5.74) is 3.06. The van der Waals surface area contributed by atoms with Crippen LogP contribution in [0.1, 0.15) is 18.2 Å². The van der Waals surface area contributed by atoms with Gasteiger partial charge in [-0.2, -0.15) is 5.10 Å². The lowest BCUT2D eigenvalue weighted by atomic mass is 10.3. The fourth-order valence-corrected chi connectivity index (χ4v) is 2.67. The van der Waals surface area contributed by atoms with Gasteiger partial charge in [0.05, 0.1) is 18.4 Å². The number of nitrogens with one attached hydrogen (secondary N) is 2. The van der Waals surface area contributed by atoms with Crippen molar-refractivity contribution in [1.82, 2.24) is 25.4 Å². The zero-order valence-electron chi connectivity index (χ0n) is 15.3. The third-order valence-corrected chi connectivity index (χ3v) is 4.14. The molecule has 2 N–H and O–H groups in total. The maximum absolute atomic E-state index is 5.93. The number of nitrogens with zero attached hydrogens (tertiary/aromatic N) is 4. The Balaban J connectivity index is 1.57. The number of hydrogen-bond acceptors (Lipinski definition) is 3. The number of hydrogen-bond donors (Lipinski definition) is 2. The van der Waals surface area contributed by atoms with Crippen molar-refractivity contribution in [2.24, 2.45) is 4.99 Å². The van der Waals surface area contributed by atoms with Crippen molar-refractivity contribution in [3.05, 3.63) is 77.3 Å². The van der Waals surface area contributed by atoms with Gasteiger partial charge in [-0.15, -0.1) is 0 Å². The molecule has 2 heterocycles. The second-order valence-corrected chi connectivity index (χ2v) is 6.40. The summed E-state index contributed by atoms with van der Waals surface area (Å²) in [6, 6.07) is 13.5. The molecule has 7 heteroatoms. The summed E-state index contributed by atoms with van der Waals surface area (Å²) in [6.07, 6.45) is 6.46. The molecule has 0 unspecified atom stereocenters. The Morgan fingerprint density at radius 1 is 1.15 bits per heavy atom. The maximum Gasteiger partial charge on any atom is 0.191 e. The molecule has 0 fully saturated rings. The second kappa shape index (κ2) is 9.73. The van der Waals surface area contributed by atoms with Gasteiger partial charge in [0, 0.05) is 48.2 Å². The van der Waals surface area contributed by atoms with Gasteiger partial charge >= 0.3 is 0 Å². The molecule has 0 radical (unpaired) electrons. The molecule has 3 rings (SSSR count). The van der Waals surface area contributed by atoms with Crippen molar-refractivity contribution < 1.29 is 0 Å². The molecule has 0 aliphatic carbocycles. The van der Waals surface area contributed by atoms with Crippen LogP contribution < -0.4 is 10.6 Å². The molecule has 1 aromatic carbocycles. The van der Waals surface area contributed by atoms with Crippen LogP contribution in [-0.4, -0.2) is 33.8 Å². The number of aromatic nitrogens is 3. The first-order valence-electron chi connectivity index (χ1n) is 8.96. The number of aliphatic imine (C=N–C) groups is 1. The normalized spacial score (nSPS) is 11.4. The molecule has 6 nitrogen and oxygen atoms in total. The van der Waals surface area contributed by atoms with Crippen LogP contribution in [0.3, 0.4) is 0 Å². The van der Waals surface area contributed by atoms with Crippen LogP contribution in [0.25, 0.3) is 5.69 Å². The molecular formula is C20H23ClN6. The Morgan fingerprint density at radius 3 is 2.74 bits per heavy atom. The average Bonchev–Trinajstić information content (AvgIpc) is 3.16. The highest BCUT2D eigenvalue weighted by Crippen LogP contribution is 2.13. The van der Waals surface area contributed by atoms with Gasteiger partial charge in [0.25, 0.3) is 0 Å². The van der Waals surface area contributed by atoms with Crippen molar-refractivity contribution in [2.45, 2.75) is 19.9 Å². The fourth-order valence-electron chi connectivity index (χ4n) is 2.54. The standard InChI is InChI=1S/C20H23ClN6/c1-2-22-20(24-12-10-18-5-3-4-11-23-18)25-13-16-14-26-27(15-16)19-8-6-17(21)7-9-19/h3-9,11,14-15H,2,10,12-13H2,1H3,(H2,22,24,25). The molecule has 27 heavy (non-hydrogen) atoms. The number of rotatable bonds is 7. The largest absolute Gasteiger partial charge is 0.357 e. The van der Waals surface area contributed by atoms with Crippen LogP contribution in [0.15, 0.2) is 66.0 Å². The predicted octanol–water partition coefficient (Wildman–Crippen LogP) is 3.22. The summed E-state index contributed by atoms with van der Waals surface area (Å²) >= 11 is 5.93. The minimum Gasteiger partial charge on any atom is -0.357 e. The van der Waals surface area contributed by atoms with Crippen molar-refractivity contribution >= 4 is 17.6 Å². The monoisotopic (exact) mass is 382 g/mol. The van der Waals surface area contributed by atoms with Gasteiger partial charge in [-0.1, -0.05) is 17.7 Å². The average molecular weight is 383 g/mol. The molecule has 0 bridgehead atoms. The molecule has 0 saturated carbocycles. The van der Waals surface area contributed by atoms with E-state index in [1.54, 1.807) is 0 Å². The quantitative estimate of drug-likeness (QED) is 0.486. The van der Waals surface area contributed by atoms with Gasteiger partial charge in [-0.3, -0.25) is 4.98 Å². The van der Waals surface area contributed by atoms with E-state index in [1.165, 1.54) is 0 Å². The van der Waals surface area contributed by atoms with E-state index in [2.05, 4.69) is 32.6 Å². The van der Waals surface area contributed by atoms with Crippen molar-refractivity contribution in [3.8, 4) is 5.69 Å². The van der Waals surface area contributed by atoms with Crippen LogP contribution in [0.5, 0.6) is 0 Å². The second-order valence-electron chi connectivity index (χ2n) is 5.96. The number of pyridine rings is 1. The van der Waals surface area contributed by atoms with Gasteiger partial charge in [0.2, 0.25) is 0 Å². The van der Waals surface area contributed by atoms with E-state index in [0.717, 1.165) is 42.4 Å². The highest BCUT2D eigenvalue weighted by atomic mass is 35.5. The molecule has 2 aromatic heterocycles. The molecule has 0 atom stereocenters. The van der Waals surface area contributed by atoms with Crippen LogP contribution in [0, 0.1) is 0 Å². The summed E-state index contributed by atoms with van der Waals surface area (Å²) in [7, 11) is 0. The van der Waals surface area contributed by atoms with E-state index in [4.69, 9.17) is 11.6 Å². The maximum atomic E-state index is 5.93. The first-order chi connectivity index (χ1) is 13.2. The van der Waals surface area contributed by atoms with Gasteiger partial charge in [-0.25, -0.2) is 9.67 Å². The smallest absolute Gasteiger partial charge is 0.191 e. The Kier molecular flexibility index (Phi) is 6.82. The van der Waals surface area contributed by atoms with Gasteiger partial charge < -0.3 is 10.6 Å². The summed E-state index contributed by atoms with van der Waals surface area (Å²) in [6.45, 7) is 4.17. The van der Waals surface area contributed by atoms with Crippen molar-refractivity contribution in [2.75, 3.05) is 13.1 Å². The van der Waals surface area contributed by atoms with Gasteiger partial charge in [-0.05, 0) is 43.3 Å². The molecule has 0 amide bonds. The molecule has 3 aromatic rings. The third-order valence-electron chi connectivity index (χ3n) is 3.89. The molecular weight excluding hydrogens is 360 g/mol. The highest BCUT2D eigenvalue weighted by molar-refractivity contribution is 6.30. The lowest BCUT2D eigenvalue weighted by molar-refractivity contribution is 0.788. The fraction of sp³-hybridized carbons (Fsp3) is 0.250. The van der Waals surface area contributed by atoms with Gasteiger partial charge in [0.1, 0.15) is 0 Å². The number of halogens is 1. The minimum atomic E-state index is 0.548. The summed E-state index contributed by atoms with van der Waals surface area (Å²) in [5, 5.41) is 11.7. The number of benzene rings is 1. The third kappa shape index (κ3) is 5.82. The first-order valence-corrected chi connectivity index (χ1v) is 9.34. The lowest BCUT2D eigenvalue weighted by Crippen LogP contribution is -2.38. The number of guanidine groups is 1. The Morgan fingerprint density at radius 2 is 2.00 bits per heavy atom. The van der Waals surface area contributed by atoms with Crippen molar-refractivity contribution in [3.63, 3.8) is 0 Å². The van der Waals surface area contributed by atoms with E-state index in [0.29, 0.717) is 11.6 Å². The first kappa shape index (κ1) is 18.9. The highest BCUT2D eigenvalue weighted by Gasteiger charge is 2.03. The van der Waals surface area contributed by atoms with Crippen molar-refractivity contribution in [1.29, 1.82) is 0 Å². The van der Waals surface area contributed by atoms with E-state index in [9.17, 15) is 0 Å². The predicted molar refractivity (Wildman–Crippen MR) is 109 cm³/mol. The zero-order chi connectivity index (χ0) is 18.9. The van der Waals surface area contributed by atoms with Crippen LogP contribution in [-0.2, 0) is 13.0 Å². The van der Waals surface area contributed by atoms with Crippen LogP contribution >= 0.6 is 11.6 Å². The van der Waals surface area contributed by atoms with E-state index in [-0.39, 0.29) is 0 Å². The van der Waals surface area contributed by atoms with E-state index >= 15 is 0 Å². The minimum absolute atomic E-state index is 0.548. The molecule has 0 aliphatic rings. The SMILES string of the molecule is CCNC(=NCc1cnn(-c2ccc(Cl)cc2)c1)NCCc1ccccn1.